The van der Waals surface area contributed by atoms with Crippen LogP contribution in [0.1, 0.15) is 10.5 Å². The lowest BCUT2D eigenvalue weighted by Gasteiger charge is -2.02. The van der Waals surface area contributed by atoms with Crippen LogP contribution in [0, 0.1) is 5.82 Å². The van der Waals surface area contributed by atoms with Gasteiger partial charge < -0.3 is 9.84 Å². The first-order valence-electron chi connectivity index (χ1n) is 4.75. The van der Waals surface area contributed by atoms with Crippen LogP contribution in [0.5, 0.6) is 5.88 Å². The third kappa shape index (κ3) is 1.96. The van der Waals surface area contributed by atoms with Crippen molar-refractivity contribution in [3.05, 3.63) is 35.8 Å². The van der Waals surface area contributed by atoms with E-state index in [1.807, 2.05) is 0 Å². The number of carboxylic acids is 1. The van der Waals surface area contributed by atoms with Crippen molar-refractivity contribution in [2.75, 3.05) is 7.11 Å². The smallest absolute Gasteiger partial charge is 0.354 e. The van der Waals surface area contributed by atoms with Gasteiger partial charge in [-0.15, -0.1) is 5.10 Å². The standard InChI is InChI=1S/C11H9FN2O3/c1-17-10-8(9(11(15)16)13-14-10)6-3-2-4-7(12)5-6/h2-5H,1H3,(H,13,14)(H,15,16). The van der Waals surface area contributed by atoms with Gasteiger partial charge in [-0.2, -0.15) is 0 Å². The fraction of sp³-hybridized carbons (Fsp3) is 0.0909. The molecule has 2 N–H and O–H groups in total. The maximum Gasteiger partial charge on any atom is 0.354 e. The second-order valence-corrected chi connectivity index (χ2v) is 3.30. The van der Waals surface area contributed by atoms with Crippen molar-refractivity contribution in [2.45, 2.75) is 0 Å². The molecule has 1 heterocycles. The number of nitrogens with one attached hydrogen (secondary N) is 1. The van der Waals surface area contributed by atoms with Crippen LogP contribution < -0.4 is 4.74 Å². The van der Waals surface area contributed by atoms with Crippen molar-refractivity contribution < 1.29 is 19.0 Å². The van der Waals surface area contributed by atoms with Gasteiger partial charge in [0.15, 0.2) is 5.69 Å². The molecule has 0 saturated carbocycles. The van der Waals surface area contributed by atoms with E-state index in [1.54, 1.807) is 6.07 Å². The van der Waals surface area contributed by atoms with Gasteiger partial charge in [-0.25, -0.2) is 9.18 Å². The number of halogens is 1. The Kier molecular flexibility index (Phi) is 2.78. The van der Waals surface area contributed by atoms with E-state index in [0.717, 1.165) is 0 Å². The Labute approximate surface area is 95.9 Å². The van der Waals surface area contributed by atoms with Crippen LogP contribution in [0.25, 0.3) is 11.1 Å². The number of methoxy groups -OCH3 is 1. The highest BCUT2D eigenvalue weighted by Crippen LogP contribution is 2.31. The van der Waals surface area contributed by atoms with E-state index in [-0.39, 0.29) is 17.1 Å². The van der Waals surface area contributed by atoms with Gasteiger partial charge in [0.05, 0.1) is 12.7 Å². The summed E-state index contributed by atoms with van der Waals surface area (Å²) in [6, 6.07) is 5.57. The van der Waals surface area contributed by atoms with Gasteiger partial charge in [-0.3, -0.25) is 5.10 Å². The SMILES string of the molecule is COc1n[nH]c(C(=O)O)c1-c1cccc(F)c1. The minimum Gasteiger partial charge on any atom is -0.479 e. The zero-order chi connectivity index (χ0) is 12.4. The van der Waals surface area contributed by atoms with Crippen LogP contribution in [-0.2, 0) is 0 Å². The van der Waals surface area contributed by atoms with E-state index in [0.29, 0.717) is 5.56 Å². The summed E-state index contributed by atoms with van der Waals surface area (Å²) >= 11 is 0. The molecular formula is C11H9FN2O3. The van der Waals surface area contributed by atoms with Gasteiger partial charge in [-0.1, -0.05) is 12.1 Å². The first kappa shape index (κ1) is 11.1. The fourth-order valence-corrected chi connectivity index (χ4v) is 1.54. The van der Waals surface area contributed by atoms with Crippen molar-refractivity contribution in [1.82, 2.24) is 10.2 Å². The van der Waals surface area contributed by atoms with E-state index < -0.39 is 11.8 Å². The lowest BCUT2D eigenvalue weighted by Crippen LogP contribution is -1.99. The molecule has 0 spiro atoms. The van der Waals surface area contributed by atoms with Gasteiger partial charge >= 0.3 is 5.97 Å². The normalized spacial score (nSPS) is 10.2. The molecule has 1 aromatic carbocycles. The number of ether oxygens (including phenoxy) is 1. The van der Waals surface area contributed by atoms with Gasteiger partial charge in [0.2, 0.25) is 5.88 Å². The monoisotopic (exact) mass is 236 g/mol. The predicted molar refractivity (Wildman–Crippen MR) is 57.5 cm³/mol. The molecule has 0 saturated heterocycles. The summed E-state index contributed by atoms with van der Waals surface area (Å²) in [4.78, 5) is 11.0. The van der Waals surface area contributed by atoms with E-state index in [9.17, 15) is 9.18 Å². The molecule has 0 bridgehead atoms. The van der Waals surface area contributed by atoms with Crippen molar-refractivity contribution in [2.24, 2.45) is 0 Å². The number of H-pyrrole nitrogens is 1. The number of benzene rings is 1. The summed E-state index contributed by atoms with van der Waals surface area (Å²) < 4.78 is 18.1. The summed E-state index contributed by atoms with van der Waals surface area (Å²) in [7, 11) is 1.37. The maximum absolute atomic E-state index is 13.1. The van der Waals surface area contributed by atoms with Crippen molar-refractivity contribution >= 4 is 5.97 Å². The molecule has 17 heavy (non-hydrogen) atoms. The Bertz CT molecular complexity index is 566. The minimum absolute atomic E-state index is 0.119. The maximum atomic E-state index is 13.1. The first-order valence-corrected chi connectivity index (χ1v) is 4.75. The second kappa shape index (κ2) is 4.25. The number of carboxylic acid groups (broad SMARTS) is 1. The quantitative estimate of drug-likeness (QED) is 0.853. The Morgan fingerprint density at radius 2 is 2.29 bits per heavy atom. The molecule has 0 radical (unpaired) electrons. The Morgan fingerprint density at radius 3 is 2.88 bits per heavy atom. The largest absolute Gasteiger partial charge is 0.479 e. The number of hydrogen-bond acceptors (Lipinski definition) is 3. The van der Waals surface area contributed by atoms with Crippen LogP contribution in [0.2, 0.25) is 0 Å². The Morgan fingerprint density at radius 1 is 1.53 bits per heavy atom. The highest BCUT2D eigenvalue weighted by atomic mass is 19.1. The van der Waals surface area contributed by atoms with Crippen LogP contribution in [0.3, 0.4) is 0 Å². The van der Waals surface area contributed by atoms with Crippen molar-refractivity contribution in [3.8, 4) is 17.0 Å². The molecule has 5 nitrogen and oxygen atoms in total. The molecule has 0 aliphatic carbocycles. The zero-order valence-electron chi connectivity index (χ0n) is 8.90. The van der Waals surface area contributed by atoms with Crippen molar-refractivity contribution in [1.29, 1.82) is 0 Å². The molecule has 0 fully saturated rings. The third-order valence-electron chi connectivity index (χ3n) is 2.25. The molecule has 2 aromatic rings. The minimum atomic E-state index is -1.18. The van der Waals surface area contributed by atoms with Crippen LogP contribution in [0.15, 0.2) is 24.3 Å². The zero-order valence-corrected chi connectivity index (χ0v) is 8.90. The average Bonchev–Trinajstić information content (AvgIpc) is 2.72. The highest BCUT2D eigenvalue weighted by molar-refractivity contribution is 5.95. The molecule has 0 atom stereocenters. The third-order valence-corrected chi connectivity index (χ3v) is 2.25. The summed E-state index contributed by atoms with van der Waals surface area (Å²) in [5.74, 6) is -1.52. The molecule has 1 aromatic heterocycles. The molecular weight excluding hydrogens is 227 g/mol. The van der Waals surface area contributed by atoms with E-state index in [2.05, 4.69) is 10.2 Å². The lowest BCUT2D eigenvalue weighted by molar-refractivity contribution is 0.0691. The average molecular weight is 236 g/mol. The number of hydrogen-bond donors (Lipinski definition) is 2. The molecule has 88 valence electrons. The van der Waals surface area contributed by atoms with E-state index >= 15 is 0 Å². The Balaban J connectivity index is 2.64. The summed E-state index contributed by atoms with van der Waals surface area (Å²) in [5, 5.41) is 15.0. The predicted octanol–water partition coefficient (Wildman–Crippen LogP) is 1.92. The number of carbonyl (C=O) groups is 1. The summed E-state index contributed by atoms with van der Waals surface area (Å²) in [6.07, 6.45) is 0. The second-order valence-electron chi connectivity index (χ2n) is 3.30. The number of rotatable bonds is 3. The van der Waals surface area contributed by atoms with Crippen LogP contribution in [0.4, 0.5) is 4.39 Å². The number of nitrogens with zero attached hydrogens (tertiary/aromatic N) is 1. The Hall–Kier alpha value is -2.37. The highest BCUT2D eigenvalue weighted by Gasteiger charge is 2.20. The topological polar surface area (TPSA) is 75.2 Å². The van der Waals surface area contributed by atoms with Crippen molar-refractivity contribution in [3.63, 3.8) is 0 Å². The summed E-state index contributed by atoms with van der Waals surface area (Å²) in [6.45, 7) is 0. The van der Waals surface area contributed by atoms with Gasteiger partial charge in [-0.05, 0) is 17.7 Å². The first-order chi connectivity index (χ1) is 8.13. The summed E-state index contributed by atoms with van der Waals surface area (Å²) in [5.41, 5.74) is 0.500. The molecule has 0 aliphatic rings. The number of aromatic nitrogens is 2. The van der Waals surface area contributed by atoms with Crippen LogP contribution >= 0.6 is 0 Å². The van der Waals surface area contributed by atoms with Gasteiger partial charge in [0.1, 0.15) is 5.82 Å². The van der Waals surface area contributed by atoms with Gasteiger partial charge in [0, 0.05) is 0 Å². The fourth-order valence-electron chi connectivity index (χ4n) is 1.54. The van der Waals surface area contributed by atoms with E-state index in [1.165, 1.54) is 25.3 Å². The molecule has 0 aliphatic heterocycles. The lowest BCUT2D eigenvalue weighted by atomic mass is 10.1. The van der Waals surface area contributed by atoms with Crippen LogP contribution in [-0.4, -0.2) is 28.4 Å². The number of aromatic amines is 1. The van der Waals surface area contributed by atoms with E-state index in [4.69, 9.17) is 9.84 Å². The number of aromatic carboxylic acids is 1. The molecule has 0 unspecified atom stereocenters. The molecule has 6 heteroatoms. The van der Waals surface area contributed by atoms with Gasteiger partial charge in [0.25, 0.3) is 0 Å². The molecule has 2 rings (SSSR count). The molecule has 0 amide bonds.